The Morgan fingerprint density at radius 2 is 2.24 bits per heavy atom. The third-order valence-corrected chi connectivity index (χ3v) is 3.73. The van der Waals surface area contributed by atoms with Crippen LogP contribution in [-0.4, -0.2) is 18.5 Å². The fraction of sp³-hybridized carbons (Fsp3) is 0.400. The van der Waals surface area contributed by atoms with E-state index in [0.29, 0.717) is 18.0 Å². The SMILES string of the molecule is Cl.NC(CNC(=O)Cc1coc2cc(F)ccc12)C1CC1. The summed E-state index contributed by atoms with van der Waals surface area (Å²) >= 11 is 0. The number of fused-ring (bicyclic) bond motifs is 1. The van der Waals surface area contributed by atoms with E-state index in [1.807, 2.05) is 0 Å². The average Bonchev–Trinajstić information content (AvgIpc) is 3.20. The molecule has 3 rings (SSSR count). The van der Waals surface area contributed by atoms with Crippen molar-refractivity contribution in [2.75, 3.05) is 6.54 Å². The Kier molecular flexibility index (Phi) is 4.85. The maximum atomic E-state index is 13.0. The van der Waals surface area contributed by atoms with Crippen molar-refractivity contribution in [1.82, 2.24) is 5.32 Å². The van der Waals surface area contributed by atoms with Gasteiger partial charge in [-0.25, -0.2) is 4.39 Å². The highest BCUT2D eigenvalue weighted by Gasteiger charge is 2.28. The molecule has 2 aromatic rings. The first kappa shape index (κ1) is 15.8. The number of hydrogen-bond donors (Lipinski definition) is 2. The normalized spacial score (nSPS) is 15.5. The van der Waals surface area contributed by atoms with E-state index in [0.717, 1.165) is 23.8 Å². The van der Waals surface area contributed by atoms with E-state index in [-0.39, 0.29) is 36.6 Å². The Balaban J connectivity index is 0.00000161. The van der Waals surface area contributed by atoms with Gasteiger partial charge in [-0.05, 0) is 30.9 Å². The van der Waals surface area contributed by atoms with Gasteiger partial charge in [-0.2, -0.15) is 0 Å². The summed E-state index contributed by atoms with van der Waals surface area (Å²) in [5.74, 6) is 0.124. The monoisotopic (exact) mass is 312 g/mol. The third-order valence-electron chi connectivity index (χ3n) is 3.73. The molecule has 1 heterocycles. The number of carbonyl (C=O) groups excluding carboxylic acids is 1. The number of nitrogens with one attached hydrogen (secondary N) is 1. The van der Waals surface area contributed by atoms with Crippen LogP contribution in [0, 0.1) is 11.7 Å². The Morgan fingerprint density at radius 1 is 1.48 bits per heavy atom. The van der Waals surface area contributed by atoms with E-state index in [1.54, 1.807) is 6.07 Å². The van der Waals surface area contributed by atoms with Crippen LogP contribution in [0.15, 0.2) is 28.9 Å². The maximum Gasteiger partial charge on any atom is 0.224 e. The van der Waals surface area contributed by atoms with Gasteiger partial charge in [-0.3, -0.25) is 4.79 Å². The lowest BCUT2D eigenvalue weighted by atomic mass is 10.1. The first-order valence-corrected chi connectivity index (χ1v) is 6.81. The topological polar surface area (TPSA) is 68.3 Å². The van der Waals surface area contributed by atoms with Crippen LogP contribution < -0.4 is 11.1 Å². The fourth-order valence-corrected chi connectivity index (χ4v) is 2.35. The van der Waals surface area contributed by atoms with Gasteiger partial charge >= 0.3 is 0 Å². The Labute approximate surface area is 128 Å². The third kappa shape index (κ3) is 3.74. The van der Waals surface area contributed by atoms with Crippen LogP contribution in [0.3, 0.4) is 0 Å². The summed E-state index contributed by atoms with van der Waals surface area (Å²) in [7, 11) is 0. The van der Waals surface area contributed by atoms with E-state index in [4.69, 9.17) is 10.2 Å². The standard InChI is InChI=1S/C15H17FN2O2.ClH/c16-11-3-4-12-10(8-20-14(12)6-11)5-15(19)18-7-13(17)9-1-2-9;/h3-4,6,8-9,13H,1-2,5,7,17H2,(H,18,19);1H. The minimum atomic E-state index is -0.349. The summed E-state index contributed by atoms with van der Waals surface area (Å²) in [5, 5.41) is 3.61. The highest BCUT2D eigenvalue weighted by molar-refractivity contribution is 5.87. The van der Waals surface area contributed by atoms with Gasteiger partial charge in [0.15, 0.2) is 0 Å². The summed E-state index contributed by atoms with van der Waals surface area (Å²) in [5.41, 5.74) is 7.16. The molecule has 0 radical (unpaired) electrons. The molecule has 1 aromatic heterocycles. The number of halogens is 2. The van der Waals surface area contributed by atoms with Crippen LogP contribution in [0.4, 0.5) is 4.39 Å². The number of hydrogen-bond acceptors (Lipinski definition) is 3. The number of nitrogens with two attached hydrogens (primary N) is 1. The zero-order chi connectivity index (χ0) is 14.1. The van der Waals surface area contributed by atoms with Crippen molar-refractivity contribution in [3.8, 4) is 0 Å². The number of carbonyl (C=O) groups is 1. The smallest absolute Gasteiger partial charge is 0.224 e. The molecule has 6 heteroatoms. The second-order valence-corrected chi connectivity index (χ2v) is 5.38. The fourth-order valence-electron chi connectivity index (χ4n) is 2.35. The largest absolute Gasteiger partial charge is 0.464 e. The molecule has 1 amide bonds. The van der Waals surface area contributed by atoms with Crippen molar-refractivity contribution in [2.45, 2.75) is 25.3 Å². The summed E-state index contributed by atoms with van der Waals surface area (Å²) in [6.45, 7) is 0.508. The molecule has 1 fully saturated rings. The molecule has 1 unspecified atom stereocenters. The highest BCUT2D eigenvalue weighted by atomic mass is 35.5. The van der Waals surface area contributed by atoms with Gasteiger partial charge in [0, 0.05) is 29.6 Å². The molecule has 3 N–H and O–H groups in total. The van der Waals surface area contributed by atoms with Crippen molar-refractivity contribution >= 4 is 29.3 Å². The summed E-state index contributed by atoms with van der Waals surface area (Å²) in [4.78, 5) is 11.9. The van der Waals surface area contributed by atoms with Gasteiger partial charge in [0.05, 0.1) is 12.7 Å². The van der Waals surface area contributed by atoms with Gasteiger partial charge in [0.1, 0.15) is 11.4 Å². The van der Waals surface area contributed by atoms with E-state index in [2.05, 4.69) is 5.32 Å². The van der Waals surface area contributed by atoms with Gasteiger partial charge in [0.25, 0.3) is 0 Å². The highest BCUT2D eigenvalue weighted by Crippen LogP contribution is 2.31. The molecular formula is C15H18ClFN2O2. The molecular weight excluding hydrogens is 295 g/mol. The molecule has 21 heavy (non-hydrogen) atoms. The van der Waals surface area contributed by atoms with E-state index < -0.39 is 0 Å². The van der Waals surface area contributed by atoms with Crippen LogP contribution in [0.1, 0.15) is 18.4 Å². The minimum absolute atomic E-state index is 0. The van der Waals surface area contributed by atoms with E-state index >= 15 is 0 Å². The number of rotatable bonds is 5. The minimum Gasteiger partial charge on any atom is -0.464 e. The molecule has 1 aromatic carbocycles. The molecule has 0 spiro atoms. The molecule has 0 saturated heterocycles. The van der Waals surface area contributed by atoms with E-state index in [1.165, 1.54) is 18.4 Å². The molecule has 4 nitrogen and oxygen atoms in total. The second kappa shape index (κ2) is 6.45. The average molecular weight is 313 g/mol. The lowest BCUT2D eigenvalue weighted by Gasteiger charge is -2.11. The van der Waals surface area contributed by atoms with Crippen LogP contribution >= 0.6 is 12.4 Å². The zero-order valence-electron chi connectivity index (χ0n) is 11.5. The quantitative estimate of drug-likeness (QED) is 0.890. The van der Waals surface area contributed by atoms with Gasteiger partial charge in [-0.15, -0.1) is 12.4 Å². The molecule has 0 aliphatic heterocycles. The molecule has 1 atom stereocenters. The first-order chi connectivity index (χ1) is 9.63. The molecule has 0 bridgehead atoms. The molecule has 1 aliphatic rings. The zero-order valence-corrected chi connectivity index (χ0v) is 12.3. The first-order valence-electron chi connectivity index (χ1n) is 6.81. The van der Waals surface area contributed by atoms with Crippen LogP contribution in [0.2, 0.25) is 0 Å². The lowest BCUT2D eigenvalue weighted by Crippen LogP contribution is -2.39. The molecule has 1 aliphatic carbocycles. The van der Waals surface area contributed by atoms with Gasteiger partial charge < -0.3 is 15.5 Å². The van der Waals surface area contributed by atoms with Gasteiger partial charge in [0.2, 0.25) is 5.91 Å². The molecule has 1 saturated carbocycles. The van der Waals surface area contributed by atoms with E-state index in [9.17, 15) is 9.18 Å². The summed E-state index contributed by atoms with van der Waals surface area (Å²) in [6.07, 6.45) is 4.05. The van der Waals surface area contributed by atoms with Gasteiger partial charge in [-0.1, -0.05) is 0 Å². The second-order valence-electron chi connectivity index (χ2n) is 5.38. The summed E-state index contributed by atoms with van der Waals surface area (Å²) < 4.78 is 18.3. The summed E-state index contributed by atoms with van der Waals surface area (Å²) in [6, 6.07) is 4.36. The number of benzene rings is 1. The number of amides is 1. The number of furan rings is 1. The van der Waals surface area contributed by atoms with Crippen molar-refractivity contribution in [3.63, 3.8) is 0 Å². The Hall–Kier alpha value is -1.59. The Bertz CT molecular complexity index is 640. The molecule has 114 valence electrons. The van der Waals surface area contributed by atoms with Crippen LogP contribution in [-0.2, 0) is 11.2 Å². The van der Waals surface area contributed by atoms with Crippen molar-refractivity contribution < 1.29 is 13.6 Å². The van der Waals surface area contributed by atoms with Crippen molar-refractivity contribution in [1.29, 1.82) is 0 Å². The van der Waals surface area contributed by atoms with Crippen molar-refractivity contribution in [2.24, 2.45) is 11.7 Å². The van der Waals surface area contributed by atoms with Crippen LogP contribution in [0.5, 0.6) is 0 Å². The Morgan fingerprint density at radius 3 is 2.95 bits per heavy atom. The lowest BCUT2D eigenvalue weighted by molar-refractivity contribution is -0.120. The predicted octanol–water partition coefficient (Wildman–Crippen LogP) is 2.39. The van der Waals surface area contributed by atoms with Crippen LogP contribution in [0.25, 0.3) is 11.0 Å². The van der Waals surface area contributed by atoms with Crippen molar-refractivity contribution in [3.05, 3.63) is 35.8 Å². The predicted molar refractivity (Wildman–Crippen MR) is 80.8 cm³/mol. The maximum absolute atomic E-state index is 13.0.